The molecule has 108 valence electrons. The molecule has 1 aromatic carbocycles. The van der Waals surface area contributed by atoms with Gasteiger partial charge in [-0.2, -0.15) is 4.39 Å². The van der Waals surface area contributed by atoms with Crippen LogP contribution in [0.4, 0.5) is 14.5 Å². The van der Waals surface area contributed by atoms with Gasteiger partial charge in [0.25, 0.3) is 11.6 Å². The number of nitro groups is 1. The topological polar surface area (TPSA) is 85.1 Å². The second-order valence-corrected chi connectivity index (χ2v) is 4.07. The molecule has 2 rings (SSSR count). The zero-order valence-corrected chi connectivity index (χ0v) is 10.5. The minimum Gasteiger partial charge on any atom is -0.348 e. The van der Waals surface area contributed by atoms with Crippen LogP contribution in [0.3, 0.4) is 0 Å². The molecule has 0 atom stereocenters. The van der Waals surface area contributed by atoms with E-state index in [-0.39, 0.29) is 12.2 Å². The number of aromatic nitrogens is 1. The molecular weight excluding hydrogens is 284 g/mol. The first-order valence-corrected chi connectivity index (χ1v) is 5.80. The number of amides is 1. The number of carbonyl (C=O) groups excluding carboxylic acids is 1. The van der Waals surface area contributed by atoms with Gasteiger partial charge < -0.3 is 5.32 Å². The molecule has 1 amide bonds. The molecule has 1 N–H and O–H groups in total. The van der Waals surface area contributed by atoms with Crippen molar-refractivity contribution >= 4 is 11.6 Å². The van der Waals surface area contributed by atoms with Gasteiger partial charge in [0.1, 0.15) is 0 Å². The highest BCUT2D eigenvalue weighted by atomic mass is 19.2. The van der Waals surface area contributed by atoms with E-state index in [1.165, 1.54) is 24.3 Å². The standard InChI is InChI=1S/C13H9F2N3O3/c14-11-10(5-6-16-12(11)15)13(19)17-7-8-1-3-9(4-2-8)18(20)21/h1-6H,7H2,(H,17,19). The summed E-state index contributed by atoms with van der Waals surface area (Å²) in [5, 5.41) is 12.9. The molecule has 6 nitrogen and oxygen atoms in total. The van der Waals surface area contributed by atoms with Crippen LogP contribution in [-0.4, -0.2) is 15.8 Å². The number of nitrogens with zero attached hydrogens (tertiary/aromatic N) is 2. The average Bonchev–Trinajstić information content (AvgIpc) is 2.48. The number of nitrogens with one attached hydrogen (secondary N) is 1. The Morgan fingerprint density at radius 2 is 1.90 bits per heavy atom. The van der Waals surface area contributed by atoms with Crippen LogP contribution in [0.1, 0.15) is 15.9 Å². The Morgan fingerprint density at radius 1 is 1.24 bits per heavy atom. The zero-order valence-electron chi connectivity index (χ0n) is 10.5. The molecule has 0 aliphatic carbocycles. The van der Waals surface area contributed by atoms with Crippen molar-refractivity contribution in [1.82, 2.24) is 10.3 Å². The second kappa shape index (κ2) is 6.04. The molecule has 21 heavy (non-hydrogen) atoms. The van der Waals surface area contributed by atoms with Crippen LogP contribution in [0.5, 0.6) is 0 Å². The molecule has 0 saturated carbocycles. The highest BCUT2D eigenvalue weighted by Gasteiger charge is 2.15. The summed E-state index contributed by atoms with van der Waals surface area (Å²) < 4.78 is 26.2. The molecule has 0 saturated heterocycles. The number of hydrogen-bond donors (Lipinski definition) is 1. The van der Waals surface area contributed by atoms with Crippen LogP contribution in [-0.2, 0) is 6.54 Å². The number of carbonyl (C=O) groups is 1. The van der Waals surface area contributed by atoms with Crippen molar-refractivity contribution in [3.8, 4) is 0 Å². The van der Waals surface area contributed by atoms with E-state index in [4.69, 9.17) is 0 Å². The number of nitro benzene ring substituents is 1. The third-order valence-corrected chi connectivity index (χ3v) is 2.69. The third kappa shape index (κ3) is 3.35. The molecule has 1 heterocycles. The number of benzene rings is 1. The van der Waals surface area contributed by atoms with Crippen LogP contribution >= 0.6 is 0 Å². The molecule has 0 spiro atoms. The lowest BCUT2D eigenvalue weighted by molar-refractivity contribution is -0.384. The van der Waals surface area contributed by atoms with Gasteiger partial charge >= 0.3 is 0 Å². The smallest absolute Gasteiger partial charge is 0.269 e. The van der Waals surface area contributed by atoms with Crippen molar-refractivity contribution in [1.29, 1.82) is 0 Å². The van der Waals surface area contributed by atoms with E-state index in [1.807, 2.05) is 0 Å². The molecule has 0 aliphatic heterocycles. The van der Waals surface area contributed by atoms with Crippen molar-refractivity contribution in [2.45, 2.75) is 6.54 Å². The minimum atomic E-state index is -1.35. The SMILES string of the molecule is O=C(NCc1ccc([N+](=O)[O-])cc1)c1ccnc(F)c1F. The number of pyridine rings is 1. The summed E-state index contributed by atoms with van der Waals surface area (Å²) in [4.78, 5) is 24.7. The summed E-state index contributed by atoms with van der Waals surface area (Å²) in [6.07, 6.45) is 0.985. The van der Waals surface area contributed by atoms with Gasteiger partial charge in [-0.15, -0.1) is 0 Å². The van der Waals surface area contributed by atoms with Gasteiger partial charge in [0.15, 0.2) is 5.82 Å². The van der Waals surface area contributed by atoms with Crippen molar-refractivity contribution in [3.05, 3.63) is 69.5 Å². The second-order valence-electron chi connectivity index (χ2n) is 4.07. The molecule has 0 fully saturated rings. The maximum atomic E-state index is 13.3. The van der Waals surface area contributed by atoms with Gasteiger partial charge in [-0.1, -0.05) is 12.1 Å². The first kappa shape index (κ1) is 14.5. The van der Waals surface area contributed by atoms with E-state index in [0.717, 1.165) is 12.3 Å². The average molecular weight is 293 g/mol. The summed E-state index contributed by atoms with van der Waals surface area (Å²) in [6.45, 7) is 0.0280. The summed E-state index contributed by atoms with van der Waals surface area (Å²) in [5.74, 6) is -3.47. The lowest BCUT2D eigenvalue weighted by atomic mass is 10.2. The van der Waals surface area contributed by atoms with E-state index in [1.54, 1.807) is 0 Å². The molecule has 0 bridgehead atoms. The molecule has 0 aliphatic rings. The summed E-state index contributed by atoms with van der Waals surface area (Å²) >= 11 is 0. The van der Waals surface area contributed by atoms with Gasteiger partial charge in [-0.25, -0.2) is 9.37 Å². The van der Waals surface area contributed by atoms with Crippen LogP contribution in [0.15, 0.2) is 36.5 Å². The van der Waals surface area contributed by atoms with Gasteiger partial charge in [-0.05, 0) is 11.6 Å². The normalized spacial score (nSPS) is 10.2. The molecule has 0 radical (unpaired) electrons. The monoisotopic (exact) mass is 293 g/mol. The predicted molar refractivity (Wildman–Crippen MR) is 68.4 cm³/mol. The summed E-state index contributed by atoms with van der Waals surface area (Å²) in [7, 11) is 0. The maximum Gasteiger partial charge on any atom is 0.269 e. The first-order chi connectivity index (χ1) is 9.99. The number of halogens is 2. The first-order valence-electron chi connectivity index (χ1n) is 5.80. The van der Waals surface area contributed by atoms with Gasteiger partial charge in [0.05, 0.1) is 10.5 Å². The van der Waals surface area contributed by atoms with Crippen molar-refractivity contribution in [2.24, 2.45) is 0 Å². The Kier molecular flexibility index (Phi) is 4.17. The van der Waals surface area contributed by atoms with Crippen LogP contribution in [0, 0.1) is 21.9 Å². The third-order valence-electron chi connectivity index (χ3n) is 2.69. The quantitative estimate of drug-likeness (QED) is 0.532. The Balaban J connectivity index is 2.04. The minimum absolute atomic E-state index is 0.0280. The predicted octanol–water partition coefficient (Wildman–Crippen LogP) is 2.20. The van der Waals surface area contributed by atoms with E-state index < -0.39 is 28.2 Å². The molecular formula is C13H9F2N3O3. The maximum absolute atomic E-state index is 13.3. The van der Waals surface area contributed by atoms with Crippen LogP contribution < -0.4 is 5.32 Å². The van der Waals surface area contributed by atoms with Gasteiger partial charge in [-0.3, -0.25) is 14.9 Å². The fraction of sp³-hybridized carbons (Fsp3) is 0.0769. The lowest BCUT2D eigenvalue weighted by Crippen LogP contribution is -2.24. The molecule has 1 aromatic heterocycles. The summed E-state index contributed by atoms with van der Waals surface area (Å²) in [6, 6.07) is 6.55. The van der Waals surface area contributed by atoms with Gasteiger partial charge in [0.2, 0.25) is 5.95 Å². The van der Waals surface area contributed by atoms with Crippen molar-refractivity contribution in [2.75, 3.05) is 0 Å². The van der Waals surface area contributed by atoms with E-state index in [0.29, 0.717) is 5.56 Å². The van der Waals surface area contributed by atoms with Crippen molar-refractivity contribution in [3.63, 3.8) is 0 Å². The van der Waals surface area contributed by atoms with Gasteiger partial charge in [0, 0.05) is 24.9 Å². The Morgan fingerprint density at radius 3 is 2.52 bits per heavy atom. The van der Waals surface area contributed by atoms with E-state index in [2.05, 4.69) is 10.3 Å². The van der Waals surface area contributed by atoms with Crippen molar-refractivity contribution < 1.29 is 18.5 Å². The number of hydrogen-bond acceptors (Lipinski definition) is 4. The highest BCUT2D eigenvalue weighted by Crippen LogP contribution is 2.12. The zero-order chi connectivity index (χ0) is 15.4. The number of non-ortho nitro benzene ring substituents is 1. The van der Waals surface area contributed by atoms with Crippen LogP contribution in [0.25, 0.3) is 0 Å². The number of rotatable bonds is 4. The van der Waals surface area contributed by atoms with E-state index >= 15 is 0 Å². The Labute approximate surface area is 117 Å². The summed E-state index contributed by atoms with van der Waals surface area (Å²) in [5.41, 5.74) is 0.0561. The fourth-order valence-electron chi connectivity index (χ4n) is 1.61. The molecule has 0 unspecified atom stereocenters. The Hall–Kier alpha value is -2.90. The van der Waals surface area contributed by atoms with E-state index in [9.17, 15) is 23.7 Å². The molecule has 2 aromatic rings. The molecule has 8 heteroatoms. The highest BCUT2D eigenvalue weighted by molar-refractivity contribution is 5.94. The lowest BCUT2D eigenvalue weighted by Gasteiger charge is -2.06. The fourth-order valence-corrected chi connectivity index (χ4v) is 1.61. The Bertz CT molecular complexity index is 690. The van der Waals surface area contributed by atoms with Crippen LogP contribution in [0.2, 0.25) is 0 Å². The largest absolute Gasteiger partial charge is 0.348 e.